The molecule has 2 heterocycles. The van der Waals surface area contributed by atoms with Gasteiger partial charge in [-0.25, -0.2) is 4.98 Å². The van der Waals surface area contributed by atoms with Crippen molar-refractivity contribution in [1.82, 2.24) is 10.3 Å². The number of rotatable bonds is 4. The zero-order valence-electron chi connectivity index (χ0n) is 12.8. The Hall–Kier alpha value is -1.30. The van der Waals surface area contributed by atoms with Crippen molar-refractivity contribution < 1.29 is 4.79 Å². The highest BCUT2D eigenvalue weighted by molar-refractivity contribution is 7.18. The Bertz CT molecular complexity index is 534. The first kappa shape index (κ1) is 14.6. The summed E-state index contributed by atoms with van der Waals surface area (Å²) < 4.78 is 0. The number of hydrogen-bond acceptors (Lipinski definition) is 5. The van der Waals surface area contributed by atoms with Crippen LogP contribution in [-0.4, -0.2) is 30.5 Å². The monoisotopic (exact) mass is 308 g/mol. The predicted octanol–water partition coefficient (Wildman–Crippen LogP) is 2.49. The van der Waals surface area contributed by atoms with Gasteiger partial charge < -0.3 is 16.0 Å². The second kappa shape index (κ2) is 5.48. The van der Waals surface area contributed by atoms with Gasteiger partial charge in [-0.3, -0.25) is 4.79 Å². The summed E-state index contributed by atoms with van der Waals surface area (Å²) in [7, 11) is 0. The molecule has 3 N–H and O–H groups in total. The third-order valence-corrected chi connectivity index (χ3v) is 5.83. The Labute approximate surface area is 129 Å². The molecule has 1 aromatic heterocycles. The number of anilines is 2. The molecule has 1 saturated heterocycles. The fourth-order valence-electron chi connectivity index (χ4n) is 2.92. The summed E-state index contributed by atoms with van der Waals surface area (Å²) >= 11 is 1.42. The lowest BCUT2D eigenvalue weighted by molar-refractivity contribution is 0.0955. The number of amides is 1. The zero-order chi connectivity index (χ0) is 15.0. The molecule has 1 atom stereocenters. The maximum Gasteiger partial charge on any atom is 0.265 e. The second-order valence-corrected chi connectivity index (χ2v) is 7.84. The molecule has 0 spiro atoms. The van der Waals surface area contributed by atoms with E-state index in [1.807, 2.05) is 0 Å². The van der Waals surface area contributed by atoms with Crippen LogP contribution in [0, 0.1) is 11.3 Å². The number of hydrogen-bond donors (Lipinski definition) is 2. The van der Waals surface area contributed by atoms with Crippen molar-refractivity contribution in [3.05, 3.63) is 4.88 Å². The highest BCUT2D eigenvalue weighted by Crippen LogP contribution is 2.51. The molecule has 116 valence electrons. The first-order valence-electron chi connectivity index (χ1n) is 7.77. The summed E-state index contributed by atoms with van der Waals surface area (Å²) in [6.45, 7) is 7.25. The van der Waals surface area contributed by atoms with Gasteiger partial charge in [-0.1, -0.05) is 25.2 Å². The average Bonchev–Trinajstić information content (AvgIpc) is 2.89. The van der Waals surface area contributed by atoms with Crippen molar-refractivity contribution in [2.24, 2.45) is 11.3 Å². The molecular weight excluding hydrogens is 284 g/mol. The molecule has 6 heteroatoms. The highest BCUT2D eigenvalue weighted by atomic mass is 32.1. The van der Waals surface area contributed by atoms with Crippen LogP contribution < -0.4 is 16.0 Å². The standard InChI is InChI=1S/C15H24N4OS/c1-15(2)8-10(15)9-17-13(20)11-12(16)18-14(21-11)19-6-4-3-5-7-19/h10H,3-9,16H2,1-2H3,(H,17,20). The lowest BCUT2D eigenvalue weighted by atomic mass is 10.1. The van der Waals surface area contributed by atoms with Gasteiger partial charge in [0.1, 0.15) is 10.7 Å². The van der Waals surface area contributed by atoms with Crippen LogP contribution >= 0.6 is 11.3 Å². The van der Waals surface area contributed by atoms with E-state index in [1.165, 1.54) is 37.0 Å². The minimum atomic E-state index is -0.0732. The van der Waals surface area contributed by atoms with Crippen LogP contribution in [0.2, 0.25) is 0 Å². The van der Waals surface area contributed by atoms with Crippen molar-refractivity contribution in [2.45, 2.75) is 39.5 Å². The summed E-state index contributed by atoms with van der Waals surface area (Å²) in [5.74, 6) is 0.890. The maximum atomic E-state index is 12.3. The Morgan fingerprint density at radius 2 is 2.10 bits per heavy atom. The number of nitrogens with two attached hydrogens (primary N) is 1. The van der Waals surface area contributed by atoms with Crippen molar-refractivity contribution in [2.75, 3.05) is 30.3 Å². The Morgan fingerprint density at radius 1 is 1.43 bits per heavy atom. The summed E-state index contributed by atoms with van der Waals surface area (Å²) in [6.07, 6.45) is 4.85. The van der Waals surface area contributed by atoms with Gasteiger partial charge >= 0.3 is 0 Å². The first-order chi connectivity index (χ1) is 9.97. The number of carbonyl (C=O) groups excluding carboxylic acids is 1. The van der Waals surface area contributed by atoms with Crippen LogP contribution in [0.25, 0.3) is 0 Å². The fourth-order valence-corrected chi connectivity index (χ4v) is 3.88. The Kier molecular flexibility index (Phi) is 3.82. The number of piperidine rings is 1. The zero-order valence-corrected chi connectivity index (χ0v) is 13.6. The summed E-state index contributed by atoms with van der Waals surface area (Å²) in [5, 5.41) is 3.90. The van der Waals surface area contributed by atoms with Crippen LogP contribution in [0.5, 0.6) is 0 Å². The molecule has 1 aliphatic heterocycles. The molecule has 5 nitrogen and oxygen atoms in total. The summed E-state index contributed by atoms with van der Waals surface area (Å²) in [6, 6.07) is 0. The van der Waals surface area contributed by atoms with Crippen molar-refractivity contribution >= 4 is 28.2 Å². The van der Waals surface area contributed by atoms with Gasteiger partial charge in [-0.15, -0.1) is 0 Å². The number of nitrogens with one attached hydrogen (secondary N) is 1. The Balaban J connectivity index is 1.62. The quantitative estimate of drug-likeness (QED) is 0.896. The number of thiazole rings is 1. The van der Waals surface area contributed by atoms with Crippen LogP contribution in [0.15, 0.2) is 0 Å². The molecule has 1 aromatic rings. The molecule has 1 unspecified atom stereocenters. The van der Waals surface area contributed by atoms with Crippen LogP contribution in [-0.2, 0) is 0 Å². The first-order valence-corrected chi connectivity index (χ1v) is 8.58. The molecule has 1 saturated carbocycles. The second-order valence-electron chi connectivity index (χ2n) is 6.86. The van der Waals surface area contributed by atoms with E-state index in [9.17, 15) is 4.79 Å². The van der Waals surface area contributed by atoms with Crippen LogP contribution in [0.3, 0.4) is 0 Å². The summed E-state index contributed by atoms with van der Waals surface area (Å²) in [4.78, 5) is 19.5. The number of carbonyl (C=O) groups is 1. The van der Waals surface area contributed by atoms with Gasteiger partial charge in [0.05, 0.1) is 0 Å². The van der Waals surface area contributed by atoms with Gasteiger partial charge in [0.15, 0.2) is 5.13 Å². The highest BCUT2D eigenvalue weighted by Gasteiger charge is 2.45. The van der Waals surface area contributed by atoms with Crippen LogP contribution in [0.4, 0.5) is 10.9 Å². The molecule has 3 rings (SSSR count). The average molecular weight is 308 g/mol. The van der Waals surface area contributed by atoms with Gasteiger partial charge in [0.2, 0.25) is 0 Å². The lowest BCUT2D eigenvalue weighted by Gasteiger charge is -2.25. The molecule has 1 amide bonds. The van der Waals surface area contributed by atoms with Crippen LogP contribution in [0.1, 0.15) is 49.2 Å². The molecule has 1 aliphatic carbocycles. The number of nitrogen functional groups attached to an aromatic ring is 1. The third-order valence-electron chi connectivity index (χ3n) is 4.70. The number of aromatic nitrogens is 1. The molecule has 2 aliphatic rings. The third kappa shape index (κ3) is 3.15. The smallest absolute Gasteiger partial charge is 0.265 e. The van der Waals surface area contributed by atoms with E-state index in [1.54, 1.807) is 0 Å². The van der Waals surface area contributed by atoms with E-state index < -0.39 is 0 Å². The van der Waals surface area contributed by atoms with E-state index in [0.717, 1.165) is 24.8 Å². The summed E-state index contributed by atoms with van der Waals surface area (Å²) in [5.41, 5.74) is 6.32. The molecule has 0 bridgehead atoms. The van der Waals surface area contributed by atoms with Crippen molar-refractivity contribution in [3.8, 4) is 0 Å². The van der Waals surface area contributed by atoms with E-state index in [2.05, 4.69) is 29.0 Å². The predicted molar refractivity (Wildman–Crippen MR) is 86.8 cm³/mol. The van der Waals surface area contributed by atoms with Crippen molar-refractivity contribution in [3.63, 3.8) is 0 Å². The molecule has 2 fully saturated rings. The SMILES string of the molecule is CC1(C)CC1CNC(=O)c1sc(N2CCCCC2)nc1N. The largest absolute Gasteiger partial charge is 0.382 e. The van der Waals surface area contributed by atoms with E-state index >= 15 is 0 Å². The number of nitrogens with zero attached hydrogens (tertiary/aromatic N) is 2. The van der Waals surface area contributed by atoms with E-state index in [0.29, 0.717) is 22.0 Å². The van der Waals surface area contributed by atoms with Gasteiger partial charge in [0, 0.05) is 19.6 Å². The molecular formula is C15H24N4OS. The maximum absolute atomic E-state index is 12.3. The molecule has 0 radical (unpaired) electrons. The van der Waals surface area contributed by atoms with Gasteiger partial charge in [-0.05, 0) is 37.0 Å². The normalized spacial score (nSPS) is 23.9. The Morgan fingerprint density at radius 3 is 2.71 bits per heavy atom. The molecule has 0 aromatic carbocycles. The fraction of sp³-hybridized carbons (Fsp3) is 0.733. The van der Waals surface area contributed by atoms with E-state index in [-0.39, 0.29) is 5.91 Å². The molecule has 21 heavy (non-hydrogen) atoms. The van der Waals surface area contributed by atoms with Gasteiger partial charge in [-0.2, -0.15) is 0 Å². The van der Waals surface area contributed by atoms with E-state index in [4.69, 9.17) is 5.73 Å². The van der Waals surface area contributed by atoms with Gasteiger partial charge in [0.25, 0.3) is 5.91 Å². The minimum Gasteiger partial charge on any atom is -0.382 e. The lowest BCUT2D eigenvalue weighted by Crippen LogP contribution is -2.29. The minimum absolute atomic E-state index is 0.0732. The van der Waals surface area contributed by atoms with Crippen molar-refractivity contribution in [1.29, 1.82) is 0 Å². The topological polar surface area (TPSA) is 71.2 Å².